The van der Waals surface area contributed by atoms with Crippen molar-refractivity contribution in [2.75, 3.05) is 0 Å². The molecule has 3 aromatic rings. The van der Waals surface area contributed by atoms with Gasteiger partial charge in [-0.15, -0.1) is 0 Å². The largest absolute Gasteiger partial charge is 0.508 e. The molecule has 0 aliphatic carbocycles. The number of aromatic hydroxyl groups is 1. The minimum absolute atomic E-state index is 0.149. The highest BCUT2D eigenvalue weighted by atomic mass is 32.2. The molecule has 0 fully saturated rings. The van der Waals surface area contributed by atoms with Gasteiger partial charge in [0.2, 0.25) is 0 Å². The summed E-state index contributed by atoms with van der Waals surface area (Å²) < 4.78 is 20.7. The van der Waals surface area contributed by atoms with Crippen LogP contribution in [-0.4, -0.2) is 5.11 Å². The molecule has 1 aliphatic rings. The number of halogens is 1. The van der Waals surface area contributed by atoms with Gasteiger partial charge >= 0.3 is 0 Å². The van der Waals surface area contributed by atoms with E-state index >= 15 is 0 Å². The fourth-order valence-electron chi connectivity index (χ4n) is 4.55. The van der Waals surface area contributed by atoms with E-state index in [0.29, 0.717) is 10.6 Å². The van der Waals surface area contributed by atoms with Crippen molar-refractivity contribution in [1.82, 2.24) is 0 Å². The summed E-state index contributed by atoms with van der Waals surface area (Å²) in [5.74, 6) is 0.687. The number of hydrogen-bond acceptors (Lipinski definition) is 4. The third-order valence-electron chi connectivity index (χ3n) is 6.41. The lowest BCUT2D eigenvalue weighted by molar-refractivity contribution is 0.202. The van der Waals surface area contributed by atoms with Crippen LogP contribution in [0.4, 0.5) is 3.89 Å². The van der Waals surface area contributed by atoms with Crippen molar-refractivity contribution in [3.05, 3.63) is 87.5 Å². The van der Waals surface area contributed by atoms with E-state index in [4.69, 9.17) is 4.18 Å². The molecule has 4 rings (SSSR count). The van der Waals surface area contributed by atoms with Crippen LogP contribution in [0.25, 0.3) is 0 Å². The van der Waals surface area contributed by atoms with Gasteiger partial charge in [0.25, 0.3) is 0 Å². The van der Waals surface area contributed by atoms with Crippen LogP contribution in [0.1, 0.15) is 78.5 Å². The third-order valence-corrected chi connectivity index (χ3v) is 7.87. The quantitative estimate of drug-likeness (QED) is 0.380. The molecule has 1 heterocycles. The maximum Gasteiger partial charge on any atom is 0.160 e. The van der Waals surface area contributed by atoms with Crippen LogP contribution in [0.5, 0.6) is 5.75 Å². The molecule has 0 radical (unpaired) electrons. The number of phenolic OH excluding ortho intramolecular Hbond substituents is 1. The molecule has 1 unspecified atom stereocenters. The van der Waals surface area contributed by atoms with Crippen molar-refractivity contribution >= 4 is 24.2 Å². The zero-order valence-corrected chi connectivity index (χ0v) is 21.0. The molecule has 0 aromatic heterocycles. The lowest BCUT2D eigenvalue weighted by atomic mass is 9.75. The summed E-state index contributed by atoms with van der Waals surface area (Å²) in [7, 11) is 0. The van der Waals surface area contributed by atoms with Crippen LogP contribution < -0.4 is 0 Å². The highest BCUT2D eigenvalue weighted by molar-refractivity contribution is 7.95. The number of benzene rings is 3. The minimum atomic E-state index is -0.901. The van der Waals surface area contributed by atoms with Crippen molar-refractivity contribution in [3.8, 4) is 5.75 Å². The molecule has 32 heavy (non-hydrogen) atoms. The van der Waals surface area contributed by atoms with E-state index in [9.17, 15) is 8.99 Å². The maximum absolute atomic E-state index is 14.1. The zero-order chi connectivity index (χ0) is 23.2. The van der Waals surface area contributed by atoms with Gasteiger partial charge < -0.3 is 5.11 Å². The molecule has 0 bridgehead atoms. The average Bonchev–Trinajstić information content (AvgIpc) is 3.13. The molecule has 0 spiro atoms. The topological polar surface area (TPSA) is 29.5 Å². The van der Waals surface area contributed by atoms with Crippen LogP contribution in [0.3, 0.4) is 0 Å². The molecular formula is C27H29FO2S2. The standard InChI is InChI=1S/C27H29FO2S2/c1-15(2)19-12-23(18(6)26(13-19)31-28)27(21-9-7-8-10-25(21)32-30-27)22-14-20(16(3)4)24(29)11-17(22)5/h7-16,29H,1-6H3. The Bertz CT molecular complexity index is 1170. The molecule has 0 saturated heterocycles. The van der Waals surface area contributed by atoms with Gasteiger partial charge in [0, 0.05) is 27.4 Å². The lowest BCUT2D eigenvalue weighted by Crippen LogP contribution is -2.30. The van der Waals surface area contributed by atoms with Crippen molar-refractivity contribution in [2.45, 2.75) is 68.8 Å². The molecule has 3 aromatic carbocycles. The van der Waals surface area contributed by atoms with Crippen LogP contribution >= 0.6 is 24.2 Å². The van der Waals surface area contributed by atoms with Crippen LogP contribution in [-0.2, 0) is 9.78 Å². The summed E-state index contributed by atoms with van der Waals surface area (Å²) in [6.07, 6.45) is 0. The second-order valence-electron chi connectivity index (χ2n) is 9.15. The highest BCUT2D eigenvalue weighted by Crippen LogP contribution is 2.56. The SMILES string of the molecule is Cc1cc(O)c(C(C)C)cc1C1(c2cc(C(C)C)cc(SF)c2C)OSc2ccccc21. The normalized spacial score (nSPS) is 17.9. The van der Waals surface area contributed by atoms with Gasteiger partial charge in [-0.3, -0.25) is 4.18 Å². The van der Waals surface area contributed by atoms with Crippen molar-refractivity contribution in [2.24, 2.45) is 0 Å². The fraction of sp³-hybridized carbons (Fsp3) is 0.333. The first-order valence-corrected chi connectivity index (χ1v) is 12.4. The number of rotatable bonds is 5. The monoisotopic (exact) mass is 468 g/mol. The molecule has 168 valence electrons. The van der Waals surface area contributed by atoms with Crippen LogP contribution in [0, 0.1) is 13.8 Å². The van der Waals surface area contributed by atoms with Crippen LogP contribution in [0.15, 0.2) is 58.3 Å². The molecule has 0 amide bonds. The first-order chi connectivity index (χ1) is 15.2. The van der Waals surface area contributed by atoms with E-state index in [1.165, 1.54) is 12.0 Å². The van der Waals surface area contributed by atoms with Crippen molar-refractivity contribution in [1.29, 1.82) is 0 Å². The van der Waals surface area contributed by atoms with Gasteiger partial charge in [-0.2, -0.15) is 3.89 Å². The first-order valence-electron chi connectivity index (χ1n) is 10.9. The number of hydrogen-bond donors (Lipinski definition) is 1. The van der Waals surface area contributed by atoms with E-state index in [2.05, 4.69) is 52.0 Å². The van der Waals surface area contributed by atoms with Crippen LogP contribution in [0.2, 0.25) is 0 Å². The Labute approximate surface area is 199 Å². The Morgan fingerprint density at radius 3 is 2.31 bits per heavy atom. The Hall–Kier alpha value is -1.95. The molecule has 2 nitrogen and oxygen atoms in total. The summed E-state index contributed by atoms with van der Waals surface area (Å²) in [6.45, 7) is 12.4. The van der Waals surface area contributed by atoms with Gasteiger partial charge in [-0.1, -0.05) is 52.0 Å². The summed E-state index contributed by atoms with van der Waals surface area (Å²) >= 11 is 1.65. The van der Waals surface area contributed by atoms with Gasteiger partial charge in [-0.05, 0) is 83.3 Å². The summed E-state index contributed by atoms with van der Waals surface area (Å²) in [6, 6.07) is 16.2. The molecule has 1 N–H and O–H groups in total. The fourth-order valence-corrected chi connectivity index (χ4v) is 5.87. The third kappa shape index (κ3) is 3.64. The molecule has 5 heteroatoms. The van der Waals surface area contributed by atoms with E-state index in [1.54, 1.807) is 0 Å². The van der Waals surface area contributed by atoms with E-state index in [1.807, 2.05) is 38.1 Å². The second-order valence-corrected chi connectivity index (χ2v) is 10.5. The van der Waals surface area contributed by atoms with Gasteiger partial charge in [-0.25, -0.2) is 0 Å². The number of fused-ring (bicyclic) bond motifs is 1. The van der Waals surface area contributed by atoms with Crippen molar-refractivity contribution < 1.29 is 13.2 Å². The number of aryl methyl sites for hydroxylation is 1. The minimum Gasteiger partial charge on any atom is -0.508 e. The Kier molecular flexibility index (Phi) is 6.36. The lowest BCUT2D eigenvalue weighted by Gasteiger charge is -2.34. The van der Waals surface area contributed by atoms with Crippen molar-refractivity contribution in [3.63, 3.8) is 0 Å². The zero-order valence-electron chi connectivity index (χ0n) is 19.3. The average molecular weight is 469 g/mol. The molecule has 0 saturated carbocycles. The summed E-state index contributed by atoms with van der Waals surface area (Å²) in [5.41, 5.74) is 5.84. The van der Waals surface area contributed by atoms with Gasteiger partial charge in [0.15, 0.2) is 5.60 Å². The van der Waals surface area contributed by atoms with Gasteiger partial charge in [0.05, 0.1) is 12.1 Å². The summed E-state index contributed by atoms with van der Waals surface area (Å²) in [5, 5.41) is 10.6. The Morgan fingerprint density at radius 2 is 1.66 bits per heavy atom. The van der Waals surface area contributed by atoms with E-state index in [-0.39, 0.29) is 24.0 Å². The summed E-state index contributed by atoms with van der Waals surface area (Å²) in [4.78, 5) is 1.67. The molecule has 1 atom stereocenters. The molecule has 1 aliphatic heterocycles. The predicted octanol–water partition coefficient (Wildman–Crippen LogP) is 8.56. The van der Waals surface area contributed by atoms with E-state index in [0.717, 1.165) is 43.8 Å². The highest BCUT2D eigenvalue weighted by Gasteiger charge is 2.47. The van der Waals surface area contributed by atoms with Gasteiger partial charge in [0.1, 0.15) is 5.75 Å². The Morgan fingerprint density at radius 1 is 0.938 bits per heavy atom. The second kappa shape index (κ2) is 8.77. The Balaban J connectivity index is 2.13. The predicted molar refractivity (Wildman–Crippen MR) is 132 cm³/mol. The molecular weight excluding hydrogens is 439 g/mol. The smallest absolute Gasteiger partial charge is 0.160 e. The van der Waals surface area contributed by atoms with E-state index < -0.39 is 5.60 Å². The maximum atomic E-state index is 14.1. The number of phenols is 1. The first kappa shape index (κ1) is 23.2.